The van der Waals surface area contributed by atoms with Crippen molar-refractivity contribution in [1.82, 2.24) is 10.4 Å². The molecule has 0 aliphatic carbocycles. The number of amides is 1. The van der Waals surface area contributed by atoms with Crippen molar-refractivity contribution in [3.8, 4) is 11.3 Å². The molecule has 0 aliphatic rings. The first-order chi connectivity index (χ1) is 14.5. The lowest BCUT2D eigenvalue weighted by Crippen LogP contribution is -2.18. The first-order valence-corrected chi connectivity index (χ1v) is 10.8. The summed E-state index contributed by atoms with van der Waals surface area (Å²) in [4.78, 5) is 18.8. The summed E-state index contributed by atoms with van der Waals surface area (Å²) in [6, 6.07) is 20.1. The Hall–Kier alpha value is -3.31. The summed E-state index contributed by atoms with van der Waals surface area (Å²) in [7, 11) is 0. The maximum atomic E-state index is 13.0. The number of hydrogen-bond acceptors (Lipinski definition) is 4. The van der Waals surface area contributed by atoms with Gasteiger partial charge in [0.2, 0.25) is 0 Å². The summed E-state index contributed by atoms with van der Waals surface area (Å²) in [5.41, 5.74) is 8.12. The number of pyridine rings is 1. The minimum Gasteiger partial charge on any atom is -0.267 e. The van der Waals surface area contributed by atoms with Gasteiger partial charge in [-0.25, -0.2) is 10.4 Å². The average molecular weight is 414 g/mol. The molecule has 0 unspecified atom stereocenters. The molecule has 0 bridgehead atoms. The van der Waals surface area contributed by atoms with Crippen molar-refractivity contribution in [2.45, 2.75) is 26.7 Å². The van der Waals surface area contributed by atoms with Crippen LogP contribution in [0, 0.1) is 6.92 Å². The summed E-state index contributed by atoms with van der Waals surface area (Å²) in [5, 5.41) is 6.91. The van der Waals surface area contributed by atoms with E-state index < -0.39 is 0 Å². The van der Waals surface area contributed by atoms with E-state index in [2.05, 4.69) is 48.6 Å². The van der Waals surface area contributed by atoms with Crippen molar-refractivity contribution in [3.05, 3.63) is 87.6 Å². The lowest BCUT2D eigenvalue weighted by Gasteiger charge is -2.11. The van der Waals surface area contributed by atoms with Crippen LogP contribution < -0.4 is 5.43 Å². The largest absolute Gasteiger partial charge is 0.272 e. The molecular weight excluding hydrogens is 390 g/mol. The zero-order valence-electron chi connectivity index (χ0n) is 17.2. The van der Waals surface area contributed by atoms with Crippen LogP contribution >= 0.6 is 11.3 Å². The van der Waals surface area contributed by atoms with E-state index in [1.807, 2.05) is 48.7 Å². The summed E-state index contributed by atoms with van der Waals surface area (Å²) in [5.74, 6) is 0.218. The molecule has 2 aromatic heterocycles. The fraction of sp³-hybridized carbons (Fsp3) is 0.160. The van der Waals surface area contributed by atoms with Crippen LogP contribution in [0.15, 0.2) is 71.1 Å². The molecule has 2 aromatic carbocycles. The zero-order chi connectivity index (χ0) is 21.1. The maximum Gasteiger partial charge on any atom is 0.272 e. The molecule has 4 aromatic rings. The molecule has 150 valence electrons. The number of nitrogens with zero attached hydrogens (tertiary/aromatic N) is 2. The minimum atomic E-state index is -0.249. The number of aromatic nitrogens is 1. The molecule has 1 amide bonds. The molecule has 4 rings (SSSR count). The van der Waals surface area contributed by atoms with E-state index in [1.165, 1.54) is 5.56 Å². The molecule has 1 N–H and O–H groups in total. The van der Waals surface area contributed by atoms with Crippen LogP contribution in [-0.2, 0) is 0 Å². The Morgan fingerprint density at radius 3 is 2.60 bits per heavy atom. The Balaban J connectivity index is 1.73. The number of thiophene rings is 1. The highest BCUT2D eigenvalue weighted by atomic mass is 32.1. The molecule has 0 atom stereocenters. The summed E-state index contributed by atoms with van der Waals surface area (Å²) in [6.07, 6.45) is 1.66. The van der Waals surface area contributed by atoms with Gasteiger partial charge in [-0.2, -0.15) is 5.10 Å². The van der Waals surface area contributed by atoms with E-state index in [9.17, 15) is 4.79 Å². The Kier molecular flexibility index (Phi) is 5.72. The molecule has 0 radical (unpaired) electrons. The van der Waals surface area contributed by atoms with Gasteiger partial charge in [0.15, 0.2) is 0 Å². The van der Waals surface area contributed by atoms with Gasteiger partial charge in [0, 0.05) is 15.8 Å². The maximum absolute atomic E-state index is 13.0. The number of nitrogens with one attached hydrogen (secondary N) is 1. The molecule has 0 aliphatic heterocycles. The van der Waals surface area contributed by atoms with Crippen LogP contribution in [0.1, 0.15) is 46.1 Å². The Labute approximate surface area is 180 Å². The number of carbonyl (C=O) groups is 1. The highest BCUT2D eigenvalue weighted by molar-refractivity contribution is 7.11. The third-order valence-electron chi connectivity index (χ3n) is 4.98. The smallest absolute Gasteiger partial charge is 0.267 e. The molecule has 0 saturated heterocycles. The van der Waals surface area contributed by atoms with Gasteiger partial charge in [-0.15, -0.1) is 11.3 Å². The fourth-order valence-corrected chi connectivity index (χ4v) is 3.88. The number of aryl methyl sites for hydroxylation is 1. The molecule has 4 nitrogen and oxygen atoms in total. The molecule has 30 heavy (non-hydrogen) atoms. The second kappa shape index (κ2) is 8.59. The van der Waals surface area contributed by atoms with Crippen LogP contribution in [-0.4, -0.2) is 17.1 Å². The van der Waals surface area contributed by atoms with Crippen molar-refractivity contribution in [2.24, 2.45) is 5.10 Å². The number of benzene rings is 2. The van der Waals surface area contributed by atoms with Crippen LogP contribution in [0.2, 0.25) is 0 Å². The number of hydrogen-bond donors (Lipinski definition) is 1. The second-order valence-electron chi connectivity index (χ2n) is 7.57. The monoisotopic (exact) mass is 413 g/mol. The van der Waals surface area contributed by atoms with Crippen LogP contribution in [0.4, 0.5) is 0 Å². The van der Waals surface area contributed by atoms with Crippen molar-refractivity contribution >= 4 is 34.4 Å². The highest BCUT2D eigenvalue weighted by Crippen LogP contribution is 2.27. The molecule has 0 fully saturated rings. The van der Waals surface area contributed by atoms with Gasteiger partial charge < -0.3 is 0 Å². The van der Waals surface area contributed by atoms with Crippen LogP contribution in [0.5, 0.6) is 0 Å². The summed E-state index contributed by atoms with van der Waals surface area (Å²) < 4.78 is 0. The Morgan fingerprint density at radius 1 is 1.10 bits per heavy atom. The quantitative estimate of drug-likeness (QED) is 0.315. The number of carbonyl (C=O) groups excluding carboxylic acids is 1. The van der Waals surface area contributed by atoms with Gasteiger partial charge in [0.25, 0.3) is 5.91 Å². The predicted molar refractivity (Wildman–Crippen MR) is 125 cm³/mol. The standard InChI is InChI=1S/C25H23N3OS/c1-16(2)18-7-9-19(10-8-18)24-14-22(21-13-17(3)6-11-23(21)27-24)25(29)28-26-15-20-5-4-12-30-20/h4-16H,1-3H3,(H,28,29)/b26-15-. The van der Waals surface area contributed by atoms with Crippen molar-refractivity contribution in [3.63, 3.8) is 0 Å². The van der Waals surface area contributed by atoms with Crippen molar-refractivity contribution in [2.75, 3.05) is 0 Å². The summed E-state index contributed by atoms with van der Waals surface area (Å²) >= 11 is 1.57. The van der Waals surface area contributed by atoms with E-state index in [4.69, 9.17) is 4.98 Å². The number of fused-ring (bicyclic) bond motifs is 1. The summed E-state index contributed by atoms with van der Waals surface area (Å²) in [6.45, 7) is 6.35. The lowest BCUT2D eigenvalue weighted by molar-refractivity contribution is 0.0957. The van der Waals surface area contributed by atoms with Gasteiger partial charge in [-0.1, -0.05) is 55.8 Å². The number of hydrazone groups is 1. The fourth-order valence-electron chi connectivity index (χ4n) is 3.29. The van der Waals surface area contributed by atoms with E-state index in [0.717, 1.165) is 32.6 Å². The normalized spacial score (nSPS) is 11.5. The van der Waals surface area contributed by atoms with Crippen LogP contribution in [0.25, 0.3) is 22.2 Å². The van der Waals surface area contributed by atoms with E-state index >= 15 is 0 Å². The van der Waals surface area contributed by atoms with E-state index in [-0.39, 0.29) is 5.91 Å². The van der Waals surface area contributed by atoms with Crippen molar-refractivity contribution in [1.29, 1.82) is 0 Å². The van der Waals surface area contributed by atoms with Gasteiger partial charge in [-0.05, 0) is 48.1 Å². The second-order valence-corrected chi connectivity index (χ2v) is 8.55. The van der Waals surface area contributed by atoms with Gasteiger partial charge in [-0.3, -0.25) is 4.79 Å². The molecular formula is C25H23N3OS. The van der Waals surface area contributed by atoms with Gasteiger partial charge in [0.1, 0.15) is 0 Å². The van der Waals surface area contributed by atoms with Crippen molar-refractivity contribution < 1.29 is 4.79 Å². The molecule has 0 saturated carbocycles. The third kappa shape index (κ3) is 4.31. The molecule has 2 heterocycles. The molecule has 0 spiro atoms. The third-order valence-corrected chi connectivity index (χ3v) is 5.79. The number of rotatable bonds is 5. The highest BCUT2D eigenvalue weighted by Gasteiger charge is 2.14. The predicted octanol–water partition coefficient (Wildman–Crippen LogP) is 6.16. The minimum absolute atomic E-state index is 0.249. The topological polar surface area (TPSA) is 54.4 Å². The Bertz CT molecular complexity index is 1210. The zero-order valence-corrected chi connectivity index (χ0v) is 18.0. The molecule has 5 heteroatoms. The average Bonchev–Trinajstić information content (AvgIpc) is 3.26. The van der Waals surface area contributed by atoms with E-state index in [0.29, 0.717) is 11.5 Å². The SMILES string of the molecule is Cc1ccc2nc(-c3ccc(C(C)C)cc3)cc(C(=O)N/N=C\c3cccs3)c2c1. The Morgan fingerprint density at radius 2 is 1.90 bits per heavy atom. The first-order valence-electron chi connectivity index (χ1n) is 9.90. The van der Waals surface area contributed by atoms with Gasteiger partial charge >= 0.3 is 0 Å². The lowest BCUT2D eigenvalue weighted by atomic mass is 9.99. The van der Waals surface area contributed by atoms with E-state index in [1.54, 1.807) is 17.6 Å². The van der Waals surface area contributed by atoms with Gasteiger partial charge in [0.05, 0.1) is 23.0 Å². The van der Waals surface area contributed by atoms with Crippen LogP contribution in [0.3, 0.4) is 0 Å². The first kappa shape index (κ1) is 20.0.